The number of hydrogen-bond donors (Lipinski definition) is 1. The zero-order chi connectivity index (χ0) is 19.9. The number of aromatic nitrogens is 4. The molecule has 0 aliphatic carbocycles. The van der Waals surface area contributed by atoms with Crippen LogP contribution in [0.4, 0.5) is 17.6 Å². The summed E-state index contributed by atoms with van der Waals surface area (Å²) in [5.74, 6) is -1.27. The van der Waals surface area contributed by atoms with Crippen LogP contribution in [0.1, 0.15) is 33.0 Å². The zero-order valence-electron chi connectivity index (χ0n) is 14.3. The molecule has 2 aromatic heterocycles. The largest absolute Gasteiger partial charge is 0.416 e. The Morgan fingerprint density at radius 2 is 1.96 bits per heavy atom. The minimum Gasteiger partial charge on any atom is -0.350 e. The molecule has 0 spiro atoms. The minimum absolute atomic E-state index is 0.00382. The second-order valence-corrected chi connectivity index (χ2v) is 6.32. The number of alkyl halides is 3. The Labute approximate surface area is 156 Å². The molecular formula is C18H13F4N5O. The summed E-state index contributed by atoms with van der Waals surface area (Å²) in [6, 6.07) is 5.59. The lowest BCUT2D eigenvalue weighted by Crippen LogP contribution is -2.31. The van der Waals surface area contributed by atoms with Crippen LogP contribution in [-0.2, 0) is 19.0 Å². The van der Waals surface area contributed by atoms with Gasteiger partial charge in [0.15, 0.2) is 5.69 Å². The van der Waals surface area contributed by atoms with Crippen molar-refractivity contribution in [2.24, 2.45) is 0 Å². The highest BCUT2D eigenvalue weighted by Gasteiger charge is 2.31. The van der Waals surface area contributed by atoms with Gasteiger partial charge in [-0.2, -0.15) is 23.1 Å². The van der Waals surface area contributed by atoms with E-state index in [0.29, 0.717) is 36.1 Å². The minimum atomic E-state index is -4.63. The highest BCUT2D eigenvalue weighted by molar-refractivity contribution is 5.94. The van der Waals surface area contributed by atoms with E-state index in [4.69, 9.17) is 0 Å². The van der Waals surface area contributed by atoms with Crippen molar-refractivity contribution in [2.75, 3.05) is 6.54 Å². The Kier molecular flexibility index (Phi) is 4.33. The van der Waals surface area contributed by atoms with Gasteiger partial charge in [0, 0.05) is 31.3 Å². The predicted molar refractivity (Wildman–Crippen MR) is 89.4 cm³/mol. The van der Waals surface area contributed by atoms with E-state index in [9.17, 15) is 22.4 Å². The second-order valence-electron chi connectivity index (χ2n) is 6.32. The van der Waals surface area contributed by atoms with Crippen molar-refractivity contribution < 1.29 is 22.4 Å². The van der Waals surface area contributed by atoms with Crippen molar-refractivity contribution in [3.63, 3.8) is 0 Å². The molecule has 0 fully saturated rings. The summed E-state index contributed by atoms with van der Waals surface area (Å²) in [7, 11) is 0. The number of pyridine rings is 1. The van der Waals surface area contributed by atoms with Crippen LogP contribution in [0.3, 0.4) is 0 Å². The van der Waals surface area contributed by atoms with Crippen molar-refractivity contribution in [3.05, 3.63) is 70.6 Å². The first-order valence-electron chi connectivity index (χ1n) is 8.36. The lowest BCUT2D eigenvalue weighted by molar-refractivity contribution is -0.137. The lowest BCUT2D eigenvalue weighted by atomic mass is 10.1. The molecule has 1 N–H and O–H groups in total. The maximum atomic E-state index is 13.6. The molecule has 0 saturated heterocycles. The van der Waals surface area contributed by atoms with Gasteiger partial charge < -0.3 is 5.32 Å². The molecule has 0 bridgehead atoms. The average Bonchev–Trinajstić information content (AvgIpc) is 3.06. The number of carbonyl (C=O) groups is 1. The Hall–Kier alpha value is -3.30. The fraction of sp³-hybridized carbons (Fsp3) is 0.222. The lowest BCUT2D eigenvalue weighted by Gasteiger charge is -2.10. The van der Waals surface area contributed by atoms with Gasteiger partial charge in [-0.3, -0.25) is 9.78 Å². The number of halogens is 4. The summed E-state index contributed by atoms with van der Waals surface area (Å²) in [4.78, 5) is 17.2. The van der Waals surface area contributed by atoms with Gasteiger partial charge in [0.25, 0.3) is 5.91 Å². The maximum Gasteiger partial charge on any atom is 0.416 e. The van der Waals surface area contributed by atoms with E-state index in [0.717, 1.165) is 12.1 Å². The molecule has 10 heteroatoms. The smallest absolute Gasteiger partial charge is 0.350 e. The van der Waals surface area contributed by atoms with Crippen LogP contribution in [0.2, 0.25) is 0 Å². The number of nitrogens with one attached hydrogen (secondary N) is 1. The summed E-state index contributed by atoms with van der Waals surface area (Å²) in [5, 5.41) is 11.1. The van der Waals surface area contributed by atoms with Crippen molar-refractivity contribution in [3.8, 4) is 5.69 Å². The van der Waals surface area contributed by atoms with Crippen LogP contribution >= 0.6 is 0 Å². The van der Waals surface area contributed by atoms with Crippen molar-refractivity contribution >= 4 is 5.91 Å². The third-order valence-electron chi connectivity index (χ3n) is 4.25. The Balaban J connectivity index is 1.64. The molecule has 3 aromatic rings. The number of benzene rings is 1. The molecule has 28 heavy (non-hydrogen) atoms. The quantitative estimate of drug-likeness (QED) is 0.697. The van der Waals surface area contributed by atoms with Gasteiger partial charge in [0.05, 0.1) is 16.9 Å². The SMILES string of the molecule is O=C1NCCc2nn(-c3ccnc(Cc4cc(F)cc(C(F)(F)F)c4)c3)nc21. The first-order valence-corrected chi connectivity index (χ1v) is 8.36. The van der Waals surface area contributed by atoms with Gasteiger partial charge in [-0.05, 0) is 35.9 Å². The Morgan fingerprint density at radius 1 is 1.14 bits per heavy atom. The third-order valence-corrected chi connectivity index (χ3v) is 4.25. The van der Waals surface area contributed by atoms with Gasteiger partial charge >= 0.3 is 6.18 Å². The van der Waals surface area contributed by atoms with E-state index in [2.05, 4.69) is 20.5 Å². The van der Waals surface area contributed by atoms with E-state index in [1.54, 1.807) is 12.1 Å². The van der Waals surface area contributed by atoms with E-state index in [1.165, 1.54) is 11.0 Å². The molecule has 144 valence electrons. The second kappa shape index (κ2) is 6.70. The maximum absolute atomic E-state index is 13.6. The average molecular weight is 391 g/mol. The molecule has 0 saturated carbocycles. The summed E-state index contributed by atoms with van der Waals surface area (Å²) in [6.07, 6.45) is -2.62. The molecule has 1 aliphatic heterocycles. The van der Waals surface area contributed by atoms with Gasteiger partial charge in [-0.25, -0.2) is 4.39 Å². The van der Waals surface area contributed by atoms with Crippen LogP contribution in [0.25, 0.3) is 5.69 Å². The van der Waals surface area contributed by atoms with Crippen molar-refractivity contribution in [1.82, 2.24) is 25.3 Å². The summed E-state index contributed by atoms with van der Waals surface area (Å²) >= 11 is 0. The van der Waals surface area contributed by atoms with Gasteiger partial charge in [-0.15, -0.1) is 5.10 Å². The highest BCUT2D eigenvalue weighted by atomic mass is 19.4. The highest BCUT2D eigenvalue weighted by Crippen LogP contribution is 2.31. The van der Waals surface area contributed by atoms with Crippen LogP contribution in [0, 0.1) is 5.82 Å². The molecule has 4 rings (SSSR count). The fourth-order valence-corrected chi connectivity index (χ4v) is 2.99. The first kappa shape index (κ1) is 18.1. The molecule has 0 atom stereocenters. The molecule has 1 amide bonds. The van der Waals surface area contributed by atoms with E-state index < -0.39 is 17.6 Å². The molecule has 0 unspecified atom stereocenters. The Morgan fingerprint density at radius 3 is 2.71 bits per heavy atom. The normalized spacial score (nSPS) is 13.9. The first-order chi connectivity index (χ1) is 13.3. The number of fused-ring (bicyclic) bond motifs is 1. The Bertz CT molecular complexity index is 1060. The van der Waals surface area contributed by atoms with E-state index in [1.807, 2.05) is 0 Å². The number of rotatable bonds is 3. The van der Waals surface area contributed by atoms with Crippen molar-refractivity contribution in [2.45, 2.75) is 19.0 Å². The molecule has 1 aromatic carbocycles. The topological polar surface area (TPSA) is 72.7 Å². The van der Waals surface area contributed by atoms with Crippen LogP contribution in [0.5, 0.6) is 0 Å². The van der Waals surface area contributed by atoms with Crippen LogP contribution in [-0.4, -0.2) is 32.4 Å². The van der Waals surface area contributed by atoms with Gasteiger partial charge in [0.2, 0.25) is 0 Å². The summed E-state index contributed by atoms with van der Waals surface area (Å²) < 4.78 is 52.2. The van der Waals surface area contributed by atoms with Crippen LogP contribution < -0.4 is 5.32 Å². The molecule has 6 nitrogen and oxygen atoms in total. The van der Waals surface area contributed by atoms with Crippen LogP contribution in [0.15, 0.2) is 36.5 Å². The number of hydrogen-bond acceptors (Lipinski definition) is 4. The van der Waals surface area contributed by atoms with E-state index in [-0.39, 0.29) is 23.6 Å². The number of carbonyl (C=O) groups excluding carboxylic acids is 1. The third kappa shape index (κ3) is 3.57. The van der Waals surface area contributed by atoms with E-state index >= 15 is 0 Å². The number of nitrogens with zero attached hydrogens (tertiary/aromatic N) is 4. The predicted octanol–water partition coefficient (Wildman–Crippen LogP) is 2.70. The molecular weight excluding hydrogens is 378 g/mol. The summed E-state index contributed by atoms with van der Waals surface area (Å²) in [6.45, 7) is 0.479. The molecule has 0 radical (unpaired) electrons. The standard InChI is InChI=1S/C18H13F4N5O/c19-12-6-10(5-11(8-12)18(20,21)22)7-13-9-14(1-3-23-13)27-25-15-2-4-24-17(28)16(15)26-27/h1,3,5-6,8-9H,2,4,7H2,(H,24,28). The monoisotopic (exact) mass is 391 g/mol. The van der Waals surface area contributed by atoms with Gasteiger partial charge in [0.1, 0.15) is 5.82 Å². The summed E-state index contributed by atoms with van der Waals surface area (Å²) in [5.41, 5.74) is 0.817. The molecule has 1 aliphatic rings. The van der Waals surface area contributed by atoms with Crippen molar-refractivity contribution in [1.29, 1.82) is 0 Å². The zero-order valence-corrected chi connectivity index (χ0v) is 14.3. The van der Waals surface area contributed by atoms with Gasteiger partial charge in [-0.1, -0.05) is 0 Å². The molecule has 3 heterocycles. The number of amides is 1. The fourth-order valence-electron chi connectivity index (χ4n) is 2.99.